The van der Waals surface area contributed by atoms with Crippen molar-refractivity contribution in [2.75, 3.05) is 17.1 Å². The van der Waals surface area contributed by atoms with Crippen molar-refractivity contribution in [2.45, 2.75) is 4.90 Å². The van der Waals surface area contributed by atoms with Gasteiger partial charge in [0.25, 0.3) is 15.9 Å². The maximum Gasteiger partial charge on any atom is 0.261 e. The minimum atomic E-state index is -3.97. The molecule has 2 N–H and O–H groups in total. The number of benzene rings is 3. The first-order valence-electron chi connectivity index (χ1n) is 8.31. The lowest BCUT2D eigenvalue weighted by molar-refractivity contribution is 0.102. The summed E-state index contributed by atoms with van der Waals surface area (Å²) in [5.41, 5.74) is 0.236. The molecule has 1 amide bonds. The number of methoxy groups -OCH3 is 1. The zero-order valence-electron chi connectivity index (χ0n) is 15.1. The highest BCUT2D eigenvalue weighted by Crippen LogP contribution is 2.21. The van der Waals surface area contributed by atoms with E-state index in [1.807, 2.05) is 0 Å². The maximum absolute atomic E-state index is 13.3. The Labute approximate surface area is 166 Å². The van der Waals surface area contributed by atoms with Gasteiger partial charge in [-0.3, -0.25) is 9.52 Å². The van der Waals surface area contributed by atoms with Crippen molar-refractivity contribution < 1.29 is 26.7 Å². The molecule has 0 fully saturated rings. The number of anilines is 2. The van der Waals surface area contributed by atoms with Crippen LogP contribution in [0.3, 0.4) is 0 Å². The molecule has 0 aromatic heterocycles. The Morgan fingerprint density at radius 2 is 1.55 bits per heavy atom. The number of carbonyl (C=O) groups is 1. The molecular formula is C20H16F2N2O4S. The fraction of sp³-hybridized carbons (Fsp3) is 0.0500. The second-order valence-corrected chi connectivity index (χ2v) is 7.66. The first-order valence-corrected chi connectivity index (χ1v) is 9.79. The zero-order valence-corrected chi connectivity index (χ0v) is 16.0. The van der Waals surface area contributed by atoms with Crippen LogP contribution < -0.4 is 14.8 Å². The van der Waals surface area contributed by atoms with E-state index in [-0.39, 0.29) is 16.1 Å². The summed E-state index contributed by atoms with van der Waals surface area (Å²) in [6.45, 7) is 0. The minimum Gasteiger partial charge on any atom is -0.497 e. The van der Waals surface area contributed by atoms with E-state index in [1.165, 1.54) is 37.4 Å². The van der Waals surface area contributed by atoms with Crippen LogP contribution in [0.25, 0.3) is 0 Å². The molecule has 29 heavy (non-hydrogen) atoms. The van der Waals surface area contributed by atoms with Gasteiger partial charge in [-0.15, -0.1) is 0 Å². The third kappa shape index (κ3) is 5.08. The summed E-state index contributed by atoms with van der Waals surface area (Å²) >= 11 is 0. The number of carbonyl (C=O) groups excluding carboxylic acids is 1. The third-order valence-corrected chi connectivity index (χ3v) is 5.25. The first kappa shape index (κ1) is 20.3. The summed E-state index contributed by atoms with van der Waals surface area (Å²) in [6, 6.07) is 14.1. The number of halogens is 2. The molecule has 6 nitrogen and oxygen atoms in total. The monoisotopic (exact) mass is 418 g/mol. The average molecular weight is 418 g/mol. The van der Waals surface area contributed by atoms with Crippen LogP contribution in [-0.4, -0.2) is 21.4 Å². The Balaban J connectivity index is 1.80. The van der Waals surface area contributed by atoms with Crippen molar-refractivity contribution in [1.82, 2.24) is 0 Å². The predicted octanol–water partition coefficient (Wildman–Crippen LogP) is 4.03. The summed E-state index contributed by atoms with van der Waals surface area (Å²) in [5.74, 6) is -1.84. The zero-order chi connectivity index (χ0) is 21.0. The lowest BCUT2D eigenvalue weighted by Gasteiger charge is -2.10. The van der Waals surface area contributed by atoms with Crippen molar-refractivity contribution in [3.63, 3.8) is 0 Å². The molecule has 0 saturated heterocycles. The highest BCUT2D eigenvalue weighted by molar-refractivity contribution is 7.92. The predicted molar refractivity (Wildman–Crippen MR) is 105 cm³/mol. The highest BCUT2D eigenvalue weighted by Gasteiger charge is 2.17. The van der Waals surface area contributed by atoms with Gasteiger partial charge in [-0.2, -0.15) is 0 Å². The molecule has 0 bridgehead atoms. The van der Waals surface area contributed by atoms with E-state index < -0.39 is 27.6 Å². The summed E-state index contributed by atoms with van der Waals surface area (Å²) < 4.78 is 59.2. The third-order valence-electron chi connectivity index (χ3n) is 3.87. The van der Waals surface area contributed by atoms with Gasteiger partial charge in [-0.05, 0) is 54.6 Å². The van der Waals surface area contributed by atoms with Crippen molar-refractivity contribution in [3.05, 3.63) is 83.9 Å². The Bertz CT molecular complexity index is 1130. The van der Waals surface area contributed by atoms with Crippen LogP contribution in [0.1, 0.15) is 10.4 Å². The van der Waals surface area contributed by atoms with Crippen molar-refractivity contribution >= 4 is 27.3 Å². The van der Waals surface area contributed by atoms with Gasteiger partial charge in [0.05, 0.1) is 12.0 Å². The SMILES string of the molecule is COc1ccc(NS(=O)(=O)c2cccc(C(=O)Nc3cc(F)cc(F)c3)c2)cc1. The van der Waals surface area contributed by atoms with E-state index in [9.17, 15) is 22.0 Å². The van der Waals surface area contributed by atoms with Crippen LogP contribution in [0, 0.1) is 11.6 Å². The standard InChI is InChI=1S/C20H16F2N2O4S/c1-28-18-7-5-16(6-8-18)24-29(26,27)19-4-2-3-13(9-19)20(25)23-17-11-14(21)10-15(22)12-17/h2-12,24H,1H3,(H,23,25). The van der Waals surface area contributed by atoms with Crippen LogP contribution in [0.5, 0.6) is 5.75 Å². The van der Waals surface area contributed by atoms with Gasteiger partial charge in [0.1, 0.15) is 17.4 Å². The van der Waals surface area contributed by atoms with Crippen LogP contribution in [0.2, 0.25) is 0 Å². The second kappa shape index (κ2) is 8.27. The smallest absolute Gasteiger partial charge is 0.261 e. The van der Waals surface area contributed by atoms with E-state index in [4.69, 9.17) is 4.74 Å². The molecule has 0 saturated carbocycles. The molecule has 0 radical (unpaired) electrons. The van der Waals surface area contributed by atoms with Gasteiger partial charge in [0.15, 0.2) is 0 Å². The van der Waals surface area contributed by atoms with Gasteiger partial charge < -0.3 is 10.1 Å². The molecule has 0 aliphatic rings. The molecule has 0 aliphatic heterocycles. The Morgan fingerprint density at radius 1 is 0.897 bits per heavy atom. The molecule has 150 valence electrons. The van der Waals surface area contributed by atoms with E-state index in [0.29, 0.717) is 17.5 Å². The van der Waals surface area contributed by atoms with E-state index in [2.05, 4.69) is 10.0 Å². The molecule has 9 heteroatoms. The number of hydrogen-bond acceptors (Lipinski definition) is 4. The molecular weight excluding hydrogens is 402 g/mol. The van der Waals surface area contributed by atoms with Gasteiger partial charge in [-0.25, -0.2) is 17.2 Å². The average Bonchev–Trinajstić information content (AvgIpc) is 2.67. The lowest BCUT2D eigenvalue weighted by atomic mass is 10.2. The number of ether oxygens (including phenoxy) is 1. The topological polar surface area (TPSA) is 84.5 Å². The summed E-state index contributed by atoms with van der Waals surface area (Å²) in [7, 11) is -2.47. The lowest BCUT2D eigenvalue weighted by Crippen LogP contribution is -2.16. The normalized spacial score (nSPS) is 11.0. The van der Waals surface area contributed by atoms with Gasteiger partial charge >= 0.3 is 0 Å². The van der Waals surface area contributed by atoms with Gasteiger partial charge in [0, 0.05) is 23.0 Å². The summed E-state index contributed by atoms with van der Waals surface area (Å²) in [6.07, 6.45) is 0. The molecule has 0 unspecified atom stereocenters. The van der Waals surface area contributed by atoms with Crippen molar-refractivity contribution in [2.24, 2.45) is 0 Å². The molecule has 3 aromatic carbocycles. The van der Waals surface area contributed by atoms with Crippen molar-refractivity contribution in [3.8, 4) is 5.75 Å². The maximum atomic E-state index is 13.3. The van der Waals surface area contributed by atoms with Crippen LogP contribution >= 0.6 is 0 Å². The van der Waals surface area contributed by atoms with Crippen LogP contribution in [-0.2, 0) is 10.0 Å². The van der Waals surface area contributed by atoms with Crippen LogP contribution in [0.15, 0.2) is 71.6 Å². The number of hydrogen-bond donors (Lipinski definition) is 2. The van der Waals surface area contributed by atoms with E-state index >= 15 is 0 Å². The Hall–Kier alpha value is -3.46. The van der Waals surface area contributed by atoms with E-state index in [1.54, 1.807) is 12.1 Å². The molecule has 0 atom stereocenters. The first-order chi connectivity index (χ1) is 13.8. The molecule has 3 rings (SSSR count). The summed E-state index contributed by atoms with van der Waals surface area (Å²) in [4.78, 5) is 12.2. The largest absolute Gasteiger partial charge is 0.497 e. The van der Waals surface area contributed by atoms with Gasteiger partial charge in [-0.1, -0.05) is 6.07 Å². The fourth-order valence-corrected chi connectivity index (χ4v) is 3.61. The highest BCUT2D eigenvalue weighted by atomic mass is 32.2. The molecule has 0 heterocycles. The Morgan fingerprint density at radius 3 is 2.17 bits per heavy atom. The Kier molecular flexibility index (Phi) is 5.79. The number of nitrogens with one attached hydrogen (secondary N) is 2. The number of rotatable bonds is 6. The molecule has 0 spiro atoms. The van der Waals surface area contributed by atoms with Crippen LogP contribution in [0.4, 0.5) is 20.2 Å². The number of amides is 1. The van der Waals surface area contributed by atoms with Crippen molar-refractivity contribution in [1.29, 1.82) is 0 Å². The molecule has 0 aliphatic carbocycles. The second-order valence-electron chi connectivity index (χ2n) is 5.97. The quantitative estimate of drug-likeness (QED) is 0.633. The minimum absolute atomic E-state index is 0.00674. The molecule has 3 aromatic rings. The fourth-order valence-electron chi connectivity index (χ4n) is 2.51. The summed E-state index contributed by atoms with van der Waals surface area (Å²) in [5, 5.41) is 2.33. The van der Waals surface area contributed by atoms with E-state index in [0.717, 1.165) is 18.2 Å². The van der Waals surface area contributed by atoms with Gasteiger partial charge in [0.2, 0.25) is 0 Å². The number of sulfonamides is 1.